The summed E-state index contributed by atoms with van der Waals surface area (Å²) in [6.45, 7) is 3.79. The highest BCUT2D eigenvalue weighted by Gasteiger charge is 2.40. The summed E-state index contributed by atoms with van der Waals surface area (Å²) in [6, 6.07) is 0. The number of hydrogen-bond acceptors (Lipinski definition) is 4. The minimum absolute atomic E-state index is 0.0946. The average molecular weight is 331 g/mol. The number of nitrogens with zero attached hydrogens (tertiary/aromatic N) is 1. The number of carbonyl (C=O) groups is 1. The van der Waals surface area contributed by atoms with E-state index in [4.69, 9.17) is 5.73 Å². The summed E-state index contributed by atoms with van der Waals surface area (Å²) >= 11 is 0. The zero-order valence-corrected chi connectivity index (χ0v) is 14.5. The monoisotopic (exact) mass is 331 g/mol. The van der Waals surface area contributed by atoms with Crippen LogP contribution in [-0.2, 0) is 14.8 Å². The van der Waals surface area contributed by atoms with Gasteiger partial charge in [0.15, 0.2) is 0 Å². The van der Waals surface area contributed by atoms with E-state index in [2.05, 4.69) is 4.72 Å². The Labute approximate surface area is 133 Å². The Balaban J connectivity index is 1.95. The second kappa shape index (κ2) is 6.84. The molecule has 1 saturated carbocycles. The molecule has 3 N–H and O–H groups in total. The van der Waals surface area contributed by atoms with Crippen molar-refractivity contribution < 1.29 is 13.2 Å². The zero-order chi connectivity index (χ0) is 16.4. The second-order valence-corrected chi connectivity index (χ2v) is 9.05. The van der Waals surface area contributed by atoms with E-state index < -0.39 is 15.6 Å². The van der Waals surface area contributed by atoms with E-state index in [1.807, 2.05) is 11.8 Å². The molecule has 2 fully saturated rings. The van der Waals surface area contributed by atoms with Gasteiger partial charge in [-0.15, -0.1) is 0 Å². The van der Waals surface area contributed by atoms with Crippen LogP contribution in [0.2, 0.25) is 0 Å². The van der Waals surface area contributed by atoms with Crippen LogP contribution in [0.25, 0.3) is 0 Å². The summed E-state index contributed by atoms with van der Waals surface area (Å²) in [5.74, 6) is 0.261. The van der Waals surface area contributed by atoms with Crippen LogP contribution in [0.15, 0.2) is 0 Å². The number of piperidine rings is 1. The molecule has 0 aromatic heterocycles. The van der Waals surface area contributed by atoms with Crippen LogP contribution in [0.3, 0.4) is 0 Å². The molecule has 1 aliphatic heterocycles. The third-order valence-corrected chi connectivity index (χ3v) is 5.71. The van der Waals surface area contributed by atoms with Crippen molar-refractivity contribution >= 4 is 15.9 Å². The summed E-state index contributed by atoms with van der Waals surface area (Å²) in [5.41, 5.74) is 5.93. The molecule has 2 rings (SSSR count). The summed E-state index contributed by atoms with van der Waals surface area (Å²) < 4.78 is 25.0. The lowest BCUT2D eigenvalue weighted by Gasteiger charge is -2.42. The van der Waals surface area contributed by atoms with Gasteiger partial charge < -0.3 is 10.6 Å². The lowest BCUT2D eigenvalue weighted by molar-refractivity contribution is -0.140. The maximum Gasteiger partial charge on any atom is 0.227 e. The van der Waals surface area contributed by atoms with Gasteiger partial charge in [-0.3, -0.25) is 4.79 Å². The Morgan fingerprint density at radius 3 is 2.68 bits per heavy atom. The van der Waals surface area contributed by atoms with E-state index in [-0.39, 0.29) is 17.7 Å². The molecule has 22 heavy (non-hydrogen) atoms. The van der Waals surface area contributed by atoms with Gasteiger partial charge in [-0.2, -0.15) is 0 Å². The van der Waals surface area contributed by atoms with E-state index >= 15 is 0 Å². The average Bonchev–Trinajstić information content (AvgIpc) is 2.44. The minimum Gasteiger partial charge on any atom is -0.342 e. The van der Waals surface area contributed by atoms with Crippen LogP contribution in [-0.4, -0.2) is 50.7 Å². The predicted molar refractivity (Wildman–Crippen MR) is 86.7 cm³/mol. The smallest absolute Gasteiger partial charge is 0.227 e. The van der Waals surface area contributed by atoms with Gasteiger partial charge in [0.05, 0.1) is 12.2 Å². The summed E-state index contributed by atoms with van der Waals surface area (Å²) in [5, 5.41) is 0. The molecule has 2 aliphatic rings. The topological polar surface area (TPSA) is 92.5 Å². The van der Waals surface area contributed by atoms with E-state index in [0.717, 1.165) is 45.1 Å². The SMILES string of the molecule is CC1(N)CCCCC1C(=O)N1CCCC(CNS(C)(=O)=O)C1. The third-order valence-electron chi connectivity index (χ3n) is 5.02. The summed E-state index contributed by atoms with van der Waals surface area (Å²) in [7, 11) is -3.17. The first-order valence-corrected chi connectivity index (χ1v) is 10.1. The second-order valence-electron chi connectivity index (χ2n) is 7.22. The first-order chi connectivity index (χ1) is 10.2. The molecule has 0 spiro atoms. The van der Waals surface area contributed by atoms with Gasteiger partial charge in [-0.1, -0.05) is 12.8 Å². The van der Waals surface area contributed by atoms with Crippen molar-refractivity contribution in [3.63, 3.8) is 0 Å². The lowest BCUT2D eigenvalue weighted by atomic mass is 9.73. The quantitative estimate of drug-likeness (QED) is 0.792. The van der Waals surface area contributed by atoms with Gasteiger partial charge in [0.25, 0.3) is 0 Å². The molecule has 3 atom stereocenters. The molecule has 0 radical (unpaired) electrons. The van der Waals surface area contributed by atoms with Crippen LogP contribution in [0.5, 0.6) is 0 Å². The van der Waals surface area contributed by atoms with Crippen molar-refractivity contribution in [3.05, 3.63) is 0 Å². The summed E-state index contributed by atoms with van der Waals surface area (Å²) in [4.78, 5) is 14.7. The molecule has 6 nitrogen and oxygen atoms in total. The number of hydrogen-bond donors (Lipinski definition) is 2. The number of likely N-dealkylation sites (tertiary alicyclic amines) is 1. The highest BCUT2D eigenvalue weighted by atomic mass is 32.2. The van der Waals surface area contributed by atoms with Gasteiger partial charge >= 0.3 is 0 Å². The molecule has 0 aromatic carbocycles. The molecule has 3 unspecified atom stereocenters. The van der Waals surface area contributed by atoms with Crippen LogP contribution in [0.1, 0.15) is 45.4 Å². The Morgan fingerprint density at radius 2 is 2.05 bits per heavy atom. The normalized spacial score (nSPS) is 33.7. The molecular weight excluding hydrogens is 302 g/mol. The molecule has 128 valence electrons. The zero-order valence-electron chi connectivity index (χ0n) is 13.7. The van der Waals surface area contributed by atoms with Gasteiger partial charge in [-0.05, 0) is 38.5 Å². The van der Waals surface area contributed by atoms with E-state index in [0.29, 0.717) is 13.1 Å². The first kappa shape index (κ1) is 17.7. The molecule has 1 aliphatic carbocycles. The van der Waals surface area contributed by atoms with Crippen molar-refractivity contribution in [1.29, 1.82) is 0 Å². The van der Waals surface area contributed by atoms with E-state index in [1.165, 1.54) is 6.26 Å². The van der Waals surface area contributed by atoms with Crippen molar-refractivity contribution in [2.24, 2.45) is 17.6 Å². The number of rotatable bonds is 4. The minimum atomic E-state index is -3.17. The van der Waals surface area contributed by atoms with E-state index in [1.54, 1.807) is 0 Å². The molecule has 1 saturated heterocycles. The van der Waals surface area contributed by atoms with Crippen LogP contribution >= 0.6 is 0 Å². The van der Waals surface area contributed by atoms with E-state index in [9.17, 15) is 13.2 Å². The first-order valence-electron chi connectivity index (χ1n) is 8.21. The standard InChI is InChI=1S/C15H29N3O3S/c1-15(16)8-4-3-7-13(15)14(19)18-9-5-6-12(11-18)10-17-22(2,20)21/h12-13,17H,3-11,16H2,1-2H3. The maximum absolute atomic E-state index is 12.8. The Hall–Kier alpha value is -0.660. The fraction of sp³-hybridized carbons (Fsp3) is 0.933. The van der Waals surface area contributed by atoms with Crippen LogP contribution in [0, 0.1) is 11.8 Å². The lowest BCUT2D eigenvalue weighted by Crippen LogP contribution is -2.55. The van der Waals surface area contributed by atoms with Crippen LogP contribution in [0.4, 0.5) is 0 Å². The highest BCUT2D eigenvalue weighted by molar-refractivity contribution is 7.88. The van der Waals surface area contributed by atoms with Gasteiger partial charge in [0.2, 0.25) is 15.9 Å². The Morgan fingerprint density at radius 1 is 1.32 bits per heavy atom. The van der Waals surface area contributed by atoms with Crippen molar-refractivity contribution in [1.82, 2.24) is 9.62 Å². The number of carbonyl (C=O) groups excluding carboxylic acids is 1. The number of amides is 1. The highest BCUT2D eigenvalue weighted by Crippen LogP contribution is 2.33. The van der Waals surface area contributed by atoms with Gasteiger partial charge in [-0.25, -0.2) is 13.1 Å². The number of sulfonamides is 1. The maximum atomic E-state index is 12.8. The molecular formula is C15H29N3O3S. The number of nitrogens with two attached hydrogens (primary N) is 1. The molecule has 7 heteroatoms. The fourth-order valence-corrected chi connectivity index (χ4v) is 4.22. The van der Waals surface area contributed by atoms with Crippen molar-refractivity contribution in [3.8, 4) is 0 Å². The number of nitrogens with one attached hydrogen (secondary N) is 1. The summed E-state index contributed by atoms with van der Waals surface area (Å²) in [6.07, 6.45) is 6.98. The van der Waals surface area contributed by atoms with Gasteiger partial charge in [0.1, 0.15) is 0 Å². The predicted octanol–water partition coefficient (Wildman–Crippen LogP) is 0.682. The third kappa shape index (κ3) is 4.67. The van der Waals surface area contributed by atoms with Crippen molar-refractivity contribution in [2.45, 2.75) is 51.0 Å². The Kier molecular flexibility index (Phi) is 5.50. The molecule has 0 bridgehead atoms. The van der Waals surface area contributed by atoms with Crippen molar-refractivity contribution in [2.75, 3.05) is 25.9 Å². The largest absolute Gasteiger partial charge is 0.342 e. The van der Waals surface area contributed by atoms with Gasteiger partial charge in [0, 0.05) is 25.2 Å². The molecule has 1 amide bonds. The molecule has 0 aromatic rings. The molecule has 1 heterocycles. The fourth-order valence-electron chi connectivity index (χ4n) is 3.69. The van der Waals surface area contributed by atoms with Crippen LogP contribution < -0.4 is 10.5 Å². The Bertz CT molecular complexity index is 504.